The van der Waals surface area contributed by atoms with Crippen LogP contribution in [-0.4, -0.2) is 51.5 Å². The van der Waals surface area contributed by atoms with Crippen molar-refractivity contribution in [3.05, 3.63) is 53.4 Å². The third kappa shape index (κ3) is 3.52. The number of carbonyl (C=O) groups is 2. The number of carbonyl (C=O) groups excluding carboxylic acids is 1. The lowest BCUT2D eigenvalue weighted by Crippen LogP contribution is -2.34. The molecule has 1 saturated carbocycles. The van der Waals surface area contributed by atoms with Crippen LogP contribution in [0.15, 0.2) is 36.5 Å². The van der Waals surface area contributed by atoms with E-state index >= 15 is 0 Å². The van der Waals surface area contributed by atoms with E-state index in [0.717, 1.165) is 35.4 Å². The highest BCUT2D eigenvalue weighted by molar-refractivity contribution is 5.91. The summed E-state index contributed by atoms with van der Waals surface area (Å²) in [6.07, 6.45) is 5.56. The summed E-state index contributed by atoms with van der Waals surface area (Å²) in [4.78, 5) is 25.0. The van der Waals surface area contributed by atoms with Crippen molar-refractivity contribution in [2.45, 2.75) is 32.1 Å². The Morgan fingerprint density at radius 3 is 2.86 bits per heavy atom. The molecule has 0 atom stereocenters. The lowest BCUT2D eigenvalue weighted by atomic mass is 10.0. The second-order valence-electron chi connectivity index (χ2n) is 7.12. The van der Waals surface area contributed by atoms with E-state index in [1.165, 1.54) is 4.90 Å². The number of esters is 1. The van der Waals surface area contributed by atoms with Crippen LogP contribution in [0.1, 0.15) is 53.7 Å². The van der Waals surface area contributed by atoms with Gasteiger partial charge in [0, 0.05) is 19.0 Å². The normalized spacial score (nSPS) is 16.6. The summed E-state index contributed by atoms with van der Waals surface area (Å²) in [5, 5.41) is 13.8. The van der Waals surface area contributed by atoms with Gasteiger partial charge >= 0.3 is 12.1 Å². The predicted octanol–water partition coefficient (Wildman–Crippen LogP) is 3.69. The zero-order valence-corrected chi connectivity index (χ0v) is 15.8. The zero-order valence-electron chi connectivity index (χ0n) is 15.8. The van der Waals surface area contributed by atoms with Crippen LogP contribution in [0, 0.1) is 0 Å². The number of nitrogens with zero attached hydrogens (tertiary/aromatic N) is 3. The largest absolute Gasteiger partial charge is 0.465 e. The Bertz CT molecular complexity index is 943. The zero-order chi connectivity index (χ0) is 19.7. The first-order valence-corrected chi connectivity index (χ1v) is 9.61. The molecule has 1 amide bonds. The highest BCUT2D eigenvalue weighted by Gasteiger charge is 2.33. The summed E-state index contributed by atoms with van der Waals surface area (Å²) in [6.45, 7) is 3.02. The molecule has 146 valence electrons. The number of amides is 1. The van der Waals surface area contributed by atoms with Gasteiger partial charge in [0.05, 0.1) is 24.2 Å². The standard InChI is InChI=1S/C21H23N3O4/c1-2-28-20(25)18-12-22-24(19(18)14-8-9-14)17-7-3-5-15(11-17)16-6-4-10-23(13-16)21(26)27/h3,5-7,11-12,14H,2,4,8-10,13H2,1H3,(H,26,27). The molecule has 1 aromatic heterocycles. The molecule has 0 radical (unpaired) electrons. The molecule has 0 bridgehead atoms. The van der Waals surface area contributed by atoms with Gasteiger partial charge in [-0.25, -0.2) is 14.3 Å². The molecule has 0 saturated heterocycles. The molecular formula is C21H23N3O4. The molecule has 2 heterocycles. The molecule has 0 unspecified atom stereocenters. The first-order valence-electron chi connectivity index (χ1n) is 9.61. The van der Waals surface area contributed by atoms with Gasteiger partial charge in [0.1, 0.15) is 5.56 Å². The molecule has 4 rings (SSSR count). The summed E-state index contributed by atoms with van der Waals surface area (Å²) in [6, 6.07) is 7.88. The van der Waals surface area contributed by atoms with E-state index < -0.39 is 6.09 Å². The van der Waals surface area contributed by atoms with Crippen molar-refractivity contribution in [3.63, 3.8) is 0 Å². The maximum Gasteiger partial charge on any atom is 0.407 e. The third-order valence-electron chi connectivity index (χ3n) is 5.15. The number of ether oxygens (including phenoxy) is 1. The third-order valence-corrected chi connectivity index (χ3v) is 5.15. The average Bonchev–Trinajstić information content (AvgIpc) is 3.46. The number of rotatable bonds is 5. The Morgan fingerprint density at radius 1 is 1.32 bits per heavy atom. The van der Waals surface area contributed by atoms with Gasteiger partial charge in [-0.05, 0) is 49.5 Å². The minimum Gasteiger partial charge on any atom is -0.465 e. The van der Waals surface area contributed by atoms with E-state index in [-0.39, 0.29) is 5.97 Å². The fourth-order valence-electron chi connectivity index (χ4n) is 3.63. The van der Waals surface area contributed by atoms with Gasteiger partial charge in [0.25, 0.3) is 0 Å². The summed E-state index contributed by atoms with van der Waals surface area (Å²) in [5.74, 6) is -0.0131. The number of carboxylic acid groups (broad SMARTS) is 1. The number of benzene rings is 1. The smallest absolute Gasteiger partial charge is 0.407 e. The van der Waals surface area contributed by atoms with Gasteiger partial charge in [-0.2, -0.15) is 5.10 Å². The molecule has 7 heteroatoms. The topological polar surface area (TPSA) is 84.7 Å². The van der Waals surface area contributed by atoms with Crippen molar-refractivity contribution < 1.29 is 19.4 Å². The fourth-order valence-corrected chi connectivity index (χ4v) is 3.63. The fraction of sp³-hybridized carbons (Fsp3) is 0.381. The van der Waals surface area contributed by atoms with Crippen LogP contribution in [-0.2, 0) is 4.74 Å². The van der Waals surface area contributed by atoms with Crippen molar-refractivity contribution >= 4 is 17.6 Å². The van der Waals surface area contributed by atoms with Gasteiger partial charge in [-0.15, -0.1) is 0 Å². The summed E-state index contributed by atoms with van der Waals surface area (Å²) < 4.78 is 7.01. The minimum atomic E-state index is -0.899. The van der Waals surface area contributed by atoms with Gasteiger partial charge in [-0.3, -0.25) is 0 Å². The van der Waals surface area contributed by atoms with E-state index in [9.17, 15) is 14.7 Å². The highest BCUT2D eigenvalue weighted by atomic mass is 16.5. The van der Waals surface area contributed by atoms with Gasteiger partial charge in [-0.1, -0.05) is 18.2 Å². The maximum atomic E-state index is 12.3. The number of aromatic nitrogens is 2. The van der Waals surface area contributed by atoms with E-state index in [1.807, 2.05) is 28.9 Å². The Morgan fingerprint density at radius 2 is 2.14 bits per heavy atom. The molecule has 28 heavy (non-hydrogen) atoms. The molecule has 1 aromatic carbocycles. The van der Waals surface area contributed by atoms with Crippen LogP contribution in [0.3, 0.4) is 0 Å². The molecule has 1 fully saturated rings. The molecule has 1 N–H and O–H groups in total. The molecule has 1 aliphatic heterocycles. The van der Waals surface area contributed by atoms with E-state index in [0.29, 0.717) is 37.6 Å². The van der Waals surface area contributed by atoms with Gasteiger partial charge < -0.3 is 14.7 Å². The number of hydrogen-bond acceptors (Lipinski definition) is 4. The first kappa shape index (κ1) is 18.3. The minimum absolute atomic E-state index is 0.321. The molecule has 0 spiro atoms. The Labute approximate surface area is 163 Å². The second-order valence-corrected chi connectivity index (χ2v) is 7.12. The van der Waals surface area contributed by atoms with E-state index in [4.69, 9.17) is 4.74 Å². The molecule has 1 aliphatic carbocycles. The summed E-state index contributed by atoms with van der Waals surface area (Å²) in [5.41, 5.74) is 4.26. The van der Waals surface area contributed by atoms with E-state index in [1.54, 1.807) is 13.1 Å². The van der Waals surface area contributed by atoms with E-state index in [2.05, 4.69) is 11.2 Å². The van der Waals surface area contributed by atoms with Crippen LogP contribution in [0.25, 0.3) is 11.3 Å². The van der Waals surface area contributed by atoms with Crippen LogP contribution in [0.2, 0.25) is 0 Å². The monoisotopic (exact) mass is 381 g/mol. The molecule has 7 nitrogen and oxygen atoms in total. The van der Waals surface area contributed by atoms with Crippen LogP contribution < -0.4 is 0 Å². The van der Waals surface area contributed by atoms with Crippen molar-refractivity contribution in [2.75, 3.05) is 19.7 Å². The lowest BCUT2D eigenvalue weighted by molar-refractivity contribution is 0.0525. The van der Waals surface area contributed by atoms with Gasteiger partial charge in [0.2, 0.25) is 0 Å². The quantitative estimate of drug-likeness (QED) is 0.799. The second kappa shape index (κ2) is 7.50. The molecule has 2 aromatic rings. The molecular weight excluding hydrogens is 358 g/mol. The van der Waals surface area contributed by atoms with Crippen LogP contribution in [0.4, 0.5) is 4.79 Å². The average molecular weight is 381 g/mol. The summed E-state index contributed by atoms with van der Waals surface area (Å²) in [7, 11) is 0. The van der Waals surface area contributed by atoms with Crippen molar-refractivity contribution in [1.29, 1.82) is 0 Å². The van der Waals surface area contributed by atoms with Gasteiger partial charge in [0.15, 0.2) is 0 Å². The van der Waals surface area contributed by atoms with Crippen molar-refractivity contribution in [2.24, 2.45) is 0 Å². The Balaban J connectivity index is 1.68. The first-order chi connectivity index (χ1) is 13.6. The molecule has 2 aliphatic rings. The van der Waals surface area contributed by atoms with Crippen LogP contribution in [0.5, 0.6) is 0 Å². The Kier molecular flexibility index (Phi) is 4.90. The lowest BCUT2D eigenvalue weighted by Gasteiger charge is -2.25. The van der Waals surface area contributed by atoms with Crippen molar-refractivity contribution in [3.8, 4) is 5.69 Å². The summed E-state index contributed by atoms with van der Waals surface area (Å²) >= 11 is 0. The van der Waals surface area contributed by atoms with Crippen LogP contribution >= 0.6 is 0 Å². The Hall–Kier alpha value is -3.09. The number of hydrogen-bond donors (Lipinski definition) is 1. The van der Waals surface area contributed by atoms with Crippen molar-refractivity contribution in [1.82, 2.24) is 14.7 Å². The SMILES string of the molecule is CCOC(=O)c1cnn(-c2cccc(C3=CCCN(C(=O)O)C3)c2)c1C1CC1. The highest BCUT2D eigenvalue weighted by Crippen LogP contribution is 2.42. The predicted molar refractivity (Wildman–Crippen MR) is 104 cm³/mol. The maximum absolute atomic E-state index is 12.3.